The molecular formula is C16H31N3O. The van der Waals surface area contributed by atoms with Crippen LogP contribution in [-0.4, -0.2) is 61.5 Å². The third kappa shape index (κ3) is 4.45. The van der Waals surface area contributed by atoms with Gasteiger partial charge < -0.3 is 10.2 Å². The summed E-state index contributed by atoms with van der Waals surface area (Å²) in [7, 11) is 0. The van der Waals surface area contributed by atoms with Gasteiger partial charge in [0.25, 0.3) is 0 Å². The molecule has 0 aliphatic carbocycles. The van der Waals surface area contributed by atoms with Crippen molar-refractivity contribution in [1.82, 2.24) is 15.1 Å². The van der Waals surface area contributed by atoms with Crippen LogP contribution in [0.5, 0.6) is 0 Å². The molecule has 2 fully saturated rings. The van der Waals surface area contributed by atoms with E-state index in [9.17, 15) is 4.79 Å². The fraction of sp³-hybridized carbons (Fsp3) is 0.938. The van der Waals surface area contributed by atoms with Gasteiger partial charge in [-0.25, -0.2) is 0 Å². The number of carbonyl (C=O) groups excluding carboxylic acids is 1. The molecule has 0 radical (unpaired) electrons. The summed E-state index contributed by atoms with van der Waals surface area (Å²) in [5.74, 6) is 1.04. The number of piperazine rings is 1. The van der Waals surface area contributed by atoms with Gasteiger partial charge in [0.15, 0.2) is 0 Å². The maximum absolute atomic E-state index is 12.3. The highest BCUT2D eigenvalue weighted by Gasteiger charge is 2.29. The van der Waals surface area contributed by atoms with E-state index in [0.717, 1.165) is 65.1 Å². The Bertz CT molecular complexity index is 318. The lowest BCUT2D eigenvalue weighted by molar-refractivity contribution is -0.130. The van der Waals surface area contributed by atoms with Gasteiger partial charge in [0.1, 0.15) is 0 Å². The summed E-state index contributed by atoms with van der Waals surface area (Å²) in [6, 6.07) is 0. The summed E-state index contributed by atoms with van der Waals surface area (Å²) in [5.41, 5.74) is 0.328. The lowest BCUT2D eigenvalue weighted by Crippen LogP contribution is -2.47. The Kier molecular flexibility index (Phi) is 5.44. The average Bonchev–Trinajstić information content (AvgIpc) is 2.59. The zero-order valence-electron chi connectivity index (χ0n) is 13.5. The van der Waals surface area contributed by atoms with Crippen LogP contribution in [-0.2, 0) is 4.79 Å². The minimum absolute atomic E-state index is 0.328. The fourth-order valence-electron chi connectivity index (χ4n) is 3.34. The SMILES string of the molecule is CC(C)(C)C1CCC(=O)N(CCN2CCNCC2)CC1. The number of rotatable bonds is 3. The number of hydrogen-bond donors (Lipinski definition) is 1. The first-order chi connectivity index (χ1) is 9.47. The minimum Gasteiger partial charge on any atom is -0.341 e. The zero-order chi connectivity index (χ0) is 14.6. The van der Waals surface area contributed by atoms with Crippen LogP contribution in [0.25, 0.3) is 0 Å². The first kappa shape index (κ1) is 15.8. The van der Waals surface area contributed by atoms with Gasteiger partial charge in [-0.2, -0.15) is 0 Å². The molecular weight excluding hydrogens is 250 g/mol. The topological polar surface area (TPSA) is 35.6 Å². The number of likely N-dealkylation sites (tertiary alicyclic amines) is 1. The van der Waals surface area contributed by atoms with Crippen LogP contribution < -0.4 is 5.32 Å². The Morgan fingerprint density at radius 1 is 1.10 bits per heavy atom. The summed E-state index contributed by atoms with van der Waals surface area (Å²) in [6.07, 6.45) is 2.97. The van der Waals surface area contributed by atoms with Crippen LogP contribution in [0.3, 0.4) is 0 Å². The Balaban J connectivity index is 1.80. The number of nitrogens with zero attached hydrogens (tertiary/aromatic N) is 2. The van der Waals surface area contributed by atoms with Crippen LogP contribution in [0.15, 0.2) is 0 Å². The van der Waals surface area contributed by atoms with Crippen molar-refractivity contribution in [3.63, 3.8) is 0 Å². The predicted octanol–water partition coefficient (Wildman–Crippen LogP) is 1.57. The van der Waals surface area contributed by atoms with Gasteiger partial charge in [-0.05, 0) is 24.2 Å². The van der Waals surface area contributed by atoms with Crippen molar-refractivity contribution in [2.24, 2.45) is 11.3 Å². The first-order valence-electron chi connectivity index (χ1n) is 8.17. The van der Waals surface area contributed by atoms with Crippen LogP contribution in [0.1, 0.15) is 40.0 Å². The highest BCUT2D eigenvalue weighted by molar-refractivity contribution is 5.76. The molecule has 2 rings (SSSR count). The zero-order valence-corrected chi connectivity index (χ0v) is 13.5. The van der Waals surface area contributed by atoms with Crippen LogP contribution >= 0.6 is 0 Å². The van der Waals surface area contributed by atoms with Crippen molar-refractivity contribution >= 4 is 5.91 Å². The van der Waals surface area contributed by atoms with Gasteiger partial charge >= 0.3 is 0 Å². The highest BCUT2D eigenvalue weighted by Crippen LogP contribution is 2.34. The van der Waals surface area contributed by atoms with E-state index in [-0.39, 0.29) is 0 Å². The van der Waals surface area contributed by atoms with Crippen LogP contribution in [0.4, 0.5) is 0 Å². The molecule has 1 atom stereocenters. The Hall–Kier alpha value is -0.610. The molecule has 4 heteroatoms. The molecule has 0 aromatic heterocycles. The van der Waals surface area contributed by atoms with E-state index in [1.54, 1.807) is 0 Å². The highest BCUT2D eigenvalue weighted by atomic mass is 16.2. The van der Waals surface area contributed by atoms with E-state index < -0.39 is 0 Å². The summed E-state index contributed by atoms with van der Waals surface area (Å²) in [5, 5.41) is 3.37. The smallest absolute Gasteiger partial charge is 0.222 e. The lowest BCUT2D eigenvalue weighted by Gasteiger charge is -2.31. The van der Waals surface area contributed by atoms with Gasteiger partial charge in [-0.3, -0.25) is 9.69 Å². The number of hydrogen-bond acceptors (Lipinski definition) is 3. The third-order valence-electron chi connectivity index (χ3n) is 4.93. The molecule has 1 unspecified atom stereocenters. The van der Waals surface area contributed by atoms with E-state index in [4.69, 9.17) is 0 Å². The second-order valence-electron chi connectivity index (χ2n) is 7.36. The summed E-state index contributed by atoms with van der Waals surface area (Å²) >= 11 is 0. The molecule has 0 aromatic rings. The molecule has 2 heterocycles. The van der Waals surface area contributed by atoms with Gasteiger partial charge in [-0.1, -0.05) is 20.8 Å². The van der Waals surface area contributed by atoms with Crippen molar-refractivity contribution in [3.8, 4) is 0 Å². The third-order valence-corrected chi connectivity index (χ3v) is 4.93. The van der Waals surface area contributed by atoms with Crippen molar-refractivity contribution in [2.75, 3.05) is 45.8 Å². The molecule has 116 valence electrons. The molecule has 2 aliphatic heterocycles. The monoisotopic (exact) mass is 281 g/mol. The first-order valence-corrected chi connectivity index (χ1v) is 8.17. The average molecular weight is 281 g/mol. The largest absolute Gasteiger partial charge is 0.341 e. The molecule has 4 nitrogen and oxygen atoms in total. The Labute approximate surface area is 123 Å². The van der Waals surface area contributed by atoms with E-state index in [1.807, 2.05) is 0 Å². The van der Waals surface area contributed by atoms with E-state index >= 15 is 0 Å². The number of carbonyl (C=O) groups is 1. The van der Waals surface area contributed by atoms with Gasteiger partial charge in [0, 0.05) is 52.2 Å². The Morgan fingerprint density at radius 2 is 1.80 bits per heavy atom. The molecule has 1 amide bonds. The quantitative estimate of drug-likeness (QED) is 0.853. The standard InChI is InChI=1S/C16H31N3O/c1-16(2,3)14-4-5-15(20)19(9-6-14)13-12-18-10-7-17-8-11-18/h14,17H,4-13H2,1-3H3. The predicted molar refractivity (Wildman–Crippen MR) is 82.7 cm³/mol. The molecule has 0 saturated carbocycles. The molecule has 1 N–H and O–H groups in total. The minimum atomic E-state index is 0.328. The summed E-state index contributed by atoms with van der Waals surface area (Å²) < 4.78 is 0. The molecule has 0 spiro atoms. The van der Waals surface area contributed by atoms with Gasteiger partial charge in [-0.15, -0.1) is 0 Å². The number of amides is 1. The van der Waals surface area contributed by atoms with Crippen molar-refractivity contribution in [3.05, 3.63) is 0 Å². The molecule has 20 heavy (non-hydrogen) atoms. The Morgan fingerprint density at radius 3 is 2.45 bits per heavy atom. The van der Waals surface area contributed by atoms with Crippen molar-refractivity contribution < 1.29 is 4.79 Å². The van der Waals surface area contributed by atoms with Crippen molar-refractivity contribution in [2.45, 2.75) is 40.0 Å². The van der Waals surface area contributed by atoms with Crippen LogP contribution in [0, 0.1) is 11.3 Å². The maximum atomic E-state index is 12.3. The van der Waals surface area contributed by atoms with E-state index in [0.29, 0.717) is 17.2 Å². The van der Waals surface area contributed by atoms with Crippen LogP contribution in [0.2, 0.25) is 0 Å². The van der Waals surface area contributed by atoms with Gasteiger partial charge in [0.2, 0.25) is 5.91 Å². The number of nitrogens with one attached hydrogen (secondary N) is 1. The second kappa shape index (κ2) is 6.90. The fourth-order valence-corrected chi connectivity index (χ4v) is 3.34. The summed E-state index contributed by atoms with van der Waals surface area (Å²) in [6.45, 7) is 14.2. The maximum Gasteiger partial charge on any atom is 0.222 e. The summed E-state index contributed by atoms with van der Waals surface area (Å²) in [4.78, 5) is 16.8. The molecule has 0 aromatic carbocycles. The lowest BCUT2D eigenvalue weighted by atomic mass is 9.77. The molecule has 2 saturated heterocycles. The molecule has 2 aliphatic rings. The van der Waals surface area contributed by atoms with E-state index in [1.165, 1.54) is 0 Å². The van der Waals surface area contributed by atoms with Gasteiger partial charge in [0.05, 0.1) is 0 Å². The van der Waals surface area contributed by atoms with E-state index in [2.05, 4.69) is 35.9 Å². The second-order valence-corrected chi connectivity index (χ2v) is 7.36. The van der Waals surface area contributed by atoms with Crippen molar-refractivity contribution in [1.29, 1.82) is 0 Å². The molecule has 0 bridgehead atoms. The normalized spacial score (nSPS) is 26.6.